The maximum atomic E-state index is 9.34. The number of hydrogen-bond donors (Lipinski definition) is 1. The molecule has 0 aromatic carbocycles. The summed E-state index contributed by atoms with van der Waals surface area (Å²) in [7, 11) is -1.35. The standard InChI is InChI=1S/C6H16OSi/c1-5(2)8(7)6(3)4/h5-8H,1-4H3. The zero-order valence-corrected chi connectivity index (χ0v) is 7.33. The third-order valence-electron chi connectivity index (χ3n) is 1.37. The smallest absolute Gasteiger partial charge is 0.177 e. The second kappa shape index (κ2) is 3.25. The molecule has 0 radical (unpaired) electrons. The summed E-state index contributed by atoms with van der Waals surface area (Å²) in [5.74, 6) is 0. The van der Waals surface area contributed by atoms with Crippen molar-refractivity contribution in [2.24, 2.45) is 0 Å². The van der Waals surface area contributed by atoms with Crippen molar-refractivity contribution in [2.45, 2.75) is 38.8 Å². The van der Waals surface area contributed by atoms with Crippen molar-refractivity contribution in [3.8, 4) is 0 Å². The van der Waals surface area contributed by atoms with Crippen LogP contribution in [0.3, 0.4) is 0 Å². The SMILES string of the molecule is CC(C)[SiH](O)C(C)C. The minimum Gasteiger partial charge on any atom is -0.434 e. The molecule has 0 aliphatic carbocycles. The zero-order chi connectivity index (χ0) is 6.73. The molecule has 0 atom stereocenters. The van der Waals surface area contributed by atoms with E-state index in [9.17, 15) is 4.80 Å². The monoisotopic (exact) mass is 132 g/mol. The van der Waals surface area contributed by atoms with E-state index in [1.807, 2.05) is 0 Å². The van der Waals surface area contributed by atoms with E-state index in [4.69, 9.17) is 0 Å². The average molecular weight is 132 g/mol. The number of rotatable bonds is 2. The van der Waals surface area contributed by atoms with E-state index in [0.29, 0.717) is 11.1 Å². The highest BCUT2D eigenvalue weighted by Crippen LogP contribution is 2.16. The summed E-state index contributed by atoms with van der Waals surface area (Å²) < 4.78 is 0. The van der Waals surface area contributed by atoms with E-state index in [1.165, 1.54) is 0 Å². The highest BCUT2D eigenvalue weighted by atomic mass is 28.3. The fraction of sp³-hybridized carbons (Fsp3) is 1.00. The molecule has 0 aromatic heterocycles. The van der Waals surface area contributed by atoms with Gasteiger partial charge in [0.05, 0.1) is 0 Å². The molecule has 50 valence electrons. The van der Waals surface area contributed by atoms with Gasteiger partial charge in [-0.15, -0.1) is 0 Å². The normalized spacial score (nSPS) is 12.0. The van der Waals surface area contributed by atoms with Crippen LogP contribution >= 0.6 is 0 Å². The minimum atomic E-state index is -1.35. The van der Waals surface area contributed by atoms with Crippen molar-refractivity contribution in [2.75, 3.05) is 0 Å². The largest absolute Gasteiger partial charge is 0.434 e. The molecule has 0 bridgehead atoms. The zero-order valence-electron chi connectivity index (χ0n) is 6.18. The van der Waals surface area contributed by atoms with Gasteiger partial charge in [0.1, 0.15) is 0 Å². The molecule has 0 unspecified atom stereocenters. The van der Waals surface area contributed by atoms with Crippen LogP contribution in [0.2, 0.25) is 11.1 Å². The molecule has 0 aromatic rings. The van der Waals surface area contributed by atoms with Gasteiger partial charge in [-0.1, -0.05) is 27.7 Å². The van der Waals surface area contributed by atoms with Crippen LogP contribution in [0, 0.1) is 0 Å². The van der Waals surface area contributed by atoms with Crippen LogP contribution in [-0.2, 0) is 0 Å². The van der Waals surface area contributed by atoms with Crippen LogP contribution in [0.1, 0.15) is 27.7 Å². The van der Waals surface area contributed by atoms with Gasteiger partial charge in [-0.3, -0.25) is 0 Å². The Balaban J connectivity index is 3.46. The molecule has 0 saturated heterocycles. The summed E-state index contributed by atoms with van der Waals surface area (Å²) in [6, 6.07) is 0. The number of hydrogen-bond acceptors (Lipinski definition) is 1. The molecule has 0 amide bonds. The topological polar surface area (TPSA) is 20.2 Å². The molecule has 8 heavy (non-hydrogen) atoms. The molecule has 0 saturated carbocycles. The van der Waals surface area contributed by atoms with Crippen LogP contribution in [-0.4, -0.2) is 13.8 Å². The summed E-state index contributed by atoms with van der Waals surface area (Å²) in [5.41, 5.74) is 1.07. The van der Waals surface area contributed by atoms with Gasteiger partial charge in [-0.2, -0.15) is 0 Å². The highest BCUT2D eigenvalue weighted by molar-refractivity contribution is 6.53. The molecule has 0 aliphatic rings. The van der Waals surface area contributed by atoms with Crippen LogP contribution in [0.15, 0.2) is 0 Å². The van der Waals surface area contributed by atoms with E-state index in [0.717, 1.165) is 0 Å². The van der Waals surface area contributed by atoms with Crippen LogP contribution in [0.25, 0.3) is 0 Å². The van der Waals surface area contributed by atoms with Crippen molar-refractivity contribution in [3.63, 3.8) is 0 Å². The van der Waals surface area contributed by atoms with Gasteiger partial charge in [-0.25, -0.2) is 0 Å². The molecule has 0 heterocycles. The fourth-order valence-corrected chi connectivity index (χ4v) is 2.31. The first-order valence-electron chi connectivity index (χ1n) is 3.23. The van der Waals surface area contributed by atoms with Crippen molar-refractivity contribution in [3.05, 3.63) is 0 Å². The van der Waals surface area contributed by atoms with Crippen LogP contribution in [0.5, 0.6) is 0 Å². The van der Waals surface area contributed by atoms with Gasteiger partial charge in [-0.05, 0) is 11.1 Å². The Morgan fingerprint density at radius 1 is 1.00 bits per heavy atom. The Hall–Kier alpha value is 0.177. The van der Waals surface area contributed by atoms with E-state index in [-0.39, 0.29) is 0 Å². The quantitative estimate of drug-likeness (QED) is 0.565. The summed E-state index contributed by atoms with van der Waals surface area (Å²) in [6.07, 6.45) is 0. The van der Waals surface area contributed by atoms with Crippen molar-refractivity contribution in [1.29, 1.82) is 0 Å². The fourth-order valence-electron chi connectivity index (χ4n) is 0.770. The Bertz CT molecular complexity index is 53.5. The summed E-state index contributed by atoms with van der Waals surface area (Å²) in [6.45, 7) is 8.38. The van der Waals surface area contributed by atoms with Gasteiger partial charge in [0.25, 0.3) is 0 Å². The van der Waals surface area contributed by atoms with E-state index in [1.54, 1.807) is 0 Å². The van der Waals surface area contributed by atoms with Crippen LogP contribution in [0.4, 0.5) is 0 Å². The Morgan fingerprint density at radius 3 is 1.25 bits per heavy atom. The third kappa shape index (κ3) is 2.48. The lowest BCUT2D eigenvalue weighted by Crippen LogP contribution is -2.19. The average Bonchev–Trinajstić information content (AvgIpc) is 1.64. The first kappa shape index (κ1) is 8.18. The summed E-state index contributed by atoms with van der Waals surface area (Å²) in [4.78, 5) is 9.34. The van der Waals surface area contributed by atoms with E-state index < -0.39 is 9.04 Å². The van der Waals surface area contributed by atoms with Crippen molar-refractivity contribution >= 4 is 9.04 Å². The Kier molecular flexibility index (Phi) is 3.32. The predicted octanol–water partition coefficient (Wildman–Crippen LogP) is 1.52. The van der Waals surface area contributed by atoms with Crippen LogP contribution < -0.4 is 0 Å². The maximum Gasteiger partial charge on any atom is 0.177 e. The van der Waals surface area contributed by atoms with Gasteiger partial charge >= 0.3 is 0 Å². The van der Waals surface area contributed by atoms with Gasteiger partial charge in [0.15, 0.2) is 9.04 Å². The molecular formula is C6H16OSi. The molecule has 2 heteroatoms. The van der Waals surface area contributed by atoms with Crippen molar-refractivity contribution in [1.82, 2.24) is 0 Å². The Labute approximate surface area is 53.5 Å². The summed E-state index contributed by atoms with van der Waals surface area (Å²) in [5, 5.41) is 0. The lowest BCUT2D eigenvalue weighted by atomic mass is 10.5. The molecule has 0 spiro atoms. The van der Waals surface area contributed by atoms with Crippen molar-refractivity contribution < 1.29 is 4.80 Å². The van der Waals surface area contributed by atoms with Gasteiger partial charge in [0.2, 0.25) is 0 Å². The molecule has 0 fully saturated rings. The molecular weight excluding hydrogens is 116 g/mol. The van der Waals surface area contributed by atoms with E-state index in [2.05, 4.69) is 27.7 Å². The lowest BCUT2D eigenvalue weighted by Gasteiger charge is -2.14. The second-order valence-corrected chi connectivity index (χ2v) is 6.63. The second-order valence-electron chi connectivity index (χ2n) is 2.98. The third-order valence-corrected chi connectivity index (χ3v) is 4.10. The summed E-state index contributed by atoms with van der Waals surface area (Å²) >= 11 is 0. The minimum absolute atomic E-state index is 0.537. The Morgan fingerprint density at radius 2 is 1.25 bits per heavy atom. The molecule has 0 rings (SSSR count). The van der Waals surface area contributed by atoms with Gasteiger partial charge < -0.3 is 4.80 Å². The molecule has 1 nitrogen and oxygen atoms in total. The highest BCUT2D eigenvalue weighted by Gasteiger charge is 2.15. The molecule has 0 aliphatic heterocycles. The molecule has 1 N–H and O–H groups in total. The predicted molar refractivity (Wildman–Crippen MR) is 39.6 cm³/mol. The van der Waals surface area contributed by atoms with Gasteiger partial charge in [0, 0.05) is 0 Å². The first-order valence-corrected chi connectivity index (χ1v) is 5.08. The maximum absolute atomic E-state index is 9.34. The van der Waals surface area contributed by atoms with E-state index >= 15 is 0 Å². The first-order chi connectivity index (χ1) is 3.55. The lowest BCUT2D eigenvalue weighted by molar-refractivity contribution is 0.536.